The van der Waals surface area contributed by atoms with Crippen molar-refractivity contribution in [1.82, 2.24) is 4.57 Å². The number of esters is 1. The van der Waals surface area contributed by atoms with Crippen LogP contribution in [-0.2, 0) is 16.1 Å². The molecule has 5 nitrogen and oxygen atoms in total. The smallest absolute Gasteiger partial charge is 0.306 e. The first-order valence-electron chi connectivity index (χ1n) is 9.20. The fraction of sp³-hybridized carbons (Fsp3) is 0.409. The summed E-state index contributed by atoms with van der Waals surface area (Å²) in [5.41, 5.74) is 5.21. The average molecular weight is 369 g/mol. The molecule has 1 aromatic heterocycles. The SMILES string of the molecule is CCn1c(C)cc(C(=O)COC(=O)CCC(=O)c2ccc(C)c(C)c2)c1C. The van der Waals surface area contributed by atoms with Crippen molar-refractivity contribution in [2.75, 3.05) is 6.61 Å². The van der Waals surface area contributed by atoms with Gasteiger partial charge in [-0.05, 0) is 57.9 Å². The minimum atomic E-state index is -0.537. The van der Waals surface area contributed by atoms with Crippen molar-refractivity contribution in [3.05, 3.63) is 57.9 Å². The van der Waals surface area contributed by atoms with Crippen LogP contribution in [0.25, 0.3) is 0 Å². The van der Waals surface area contributed by atoms with Crippen LogP contribution in [0.4, 0.5) is 0 Å². The standard InChI is InChI=1S/C22H27NO4/c1-6-23-16(4)12-19(17(23)5)21(25)13-27-22(26)10-9-20(24)18-8-7-14(2)15(3)11-18/h7-8,11-12H,6,9-10,13H2,1-5H3. The summed E-state index contributed by atoms with van der Waals surface area (Å²) in [6, 6.07) is 7.31. The normalized spacial score (nSPS) is 10.7. The largest absolute Gasteiger partial charge is 0.457 e. The molecule has 0 N–H and O–H groups in total. The van der Waals surface area contributed by atoms with Gasteiger partial charge in [0.15, 0.2) is 12.4 Å². The predicted octanol–water partition coefficient (Wildman–Crippen LogP) is 4.13. The maximum Gasteiger partial charge on any atom is 0.306 e. The molecule has 0 aliphatic rings. The van der Waals surface area contributed by atoms with Crippen LogP contribution in [0.5, 0.6) is 0 Å². The van der Waals surface area contributed by atoms with E-state index in [1.807, 2.05) is 57.4 Å². The van der Waals surface area contributed by atoms with Crippen molar-refractivity contribution in [2.24, 2.45) is 0 Å². The number of Topliss-reactive ketones (excluding diaryl/α,β-unsaturated/α-hetero) is 2. The lowest BCUT2D eigenvalue weighted by atomic mass is 10.0. The van der Waals surface area contributed by atoms with E-state index in [-0.39, 0.29) is 31.0 Å². The highest BCUT2D eigenvalue weighted by Gasteiger charge is 2.17. The van der Waals surface area contributed by atoms with E-state index in [0.717, 1.165) is 29.1 Å². The van der Waals surface area contributed by atoms with E-state index in [1.54, 1.807) is 6.07 Å². The minimum absolute atomic E-state index is 0.0347. The Morgan fingerprint density at radius 3 is 2.22 bits per heavy atom. The number of ether oxygens (including phenoxy) is 1. The molecule has 0 spiro atoms. The summed E-state index contributed by atoms with van der Waals surface area (Å²) in [6.45, 7) is 10.2. The topological polar surface area (TPSA) is 65.4 Å². The molecule has 0 saturated carbocycles. The maximum atomic E-state index is 12.3. The first-order valence-corrected chi connectivity index (χ1v) is 9.20. The molecule has 5 heteroatoms. The highest BCUT2D eigenvalue weighted by Crippen LogP contribution is 2.16. The Morgan fingerprint density at radius 2 is 1.63 bits per heavy atom. The zero-order chi connectivity index (χ0) is 20.1. The monoisotopic (exact) mass is 369 g/mol. The molecule has 0 radical (unpaired) electrons. The van der Waals surface area contributed by atoms with E-state index in [4.69, 9.17) is 4.74 Å². The number of ketones is 2. The van der Waals surface area contributed by atoms with Crippen molar-refractivity contribution in [3.63, 3.8) is 0 Å². The van der Waals surface area contributed by atoms with E-state index in [1.165, 1.54) is 0 Å². The number of aromatic nitrogens is 1. The molecule has 0 aliphatic heterocycles. The number of carbonyl (C=O) groups is 3. The number of benzene rings is 1. The van der Waals surface area contributed by atoms with E-state index < -0.39 is 5.97 Å². The molecule has 0 unspecified atom stereocenters. The van der Waals surface area contributed by atoms with Gasteiger partial charge in [0.25, 0.3) is 0 Å². The van der Waals surface area contributed by atoms with E-state index >= 15 is 0 Å². The highest BCUT2D eigenvalue weighted by molar-refractivity contribution is 6.00. The molecule has 2 rings (SSSR count). The highest BCUT2D eigenvalue weighted by atomic mass is 16.5. The molecule has 1 heterocycles. The van der Waals surface area contributed by atoms with Crippen molar-refractivity contribution in [2.45, 2.75) is 54.0 Å². The van der Waals surface area contributed by atoms with E-state index in [9.17, 15) is 14.4 Å². The lowest BCUT2D eigenvalue weighted by Crippen LogP contribution is -2.15. The van der Waals surface area contributed by atoms with Gasteiger partial charge in [0, 0.05) is 35.5 Å². The third-order valence-electron chi connectivity index (χ3n) is 4.94. The first-order chi connectivity index (χ1) is 12.7. The maximum absolute atomic E-state index is 12.3. The Morgan fingerprint density at radius 1 is 0.926 bits per heavy atom. The second-order valence-electron chi connectivity index (χ2n) is 6.84. The Balaban J connectivity index is 1.86. The number of aryl methyl sites for hydroxylation is 3. The van der Waals surface area contributed by atoms with Gasteiger partial charge in [-0.1, -0.05) is 12.1 Å². The molecule has 0 saturated heterocycles. The van der Waals surface area contributed by atoms with Crippen LogP contribution in [-0.4, -0.2) is 28.7 Å². The van der Waals surface area contributed by atoms with Crippen LogP contribution < -0.4 is 0 Å². The number of nitrogens with zero attached hydrogens (tertiary/aromatic N) is 1. The molecule has 0 fully saturated rings. The third kappa shape index (κ3) is 4.94. The Bertz CT molecular complexity index is 877. The summed E-state index contributed by atoms with van der Waals surface area (Å²) in [5, 5.41) is 0. The third-order valence-corrected chi connectivity index (χ3v) is 4.94. The van der Waals surface area contributed by atoms with Gasteiger partial charge in [0.05, 0.1) is 6.42 Å². The number of rotatable bonds is 8. The summed E-state index contributed by atoms with van der Waals surface area (Å²) >= 11 is 0. The average Bonchev–Trinajstić information content (AvgIpc) is 2.93. The molecule has 144 valence electrons. The molecule has 0 atom stereocenters. The summed E-state index contributed by atoms with van der Waals surface area (Å²) in [7, 11) is 0. The zero-order valence-electron chi connectivity index (χ0n) is 16.7. The molecular formula is C22H27NO4. The van der Waals surface area contributed by atoms with Crippen LogP contribution >= 0.6 is 0 Å². The quantitative estimate of drug-likeness (QED) is 0.518. The lowest BCUT2D eigenvalue weighted by molar-refractivity contribution is -0.142. The number of hydrogen-bond donors (Lipinski definition) is 0. The molecule has 1 aromatic carbocycles. The van der Waals surface area contributed by atoms with Crippen molar-refractivity contribution in [3.8, 4) is 0 Å². The Kier molecular flexibility index (Phi) is 6.72. The molecule has 2 aromatic rings. The first kappa shape index (κ1) is 20.6. The van der Waals surface area contributed by atoms with Crippen LogP contribution in [0.1, 0.15) is 63.0 Å². The molecular weight excluding hydrogens is 342 g/mol. The fourth-order valence-electron chi connectivity index (χ4n) is 3.14. The van der Waals surface area contributed by atoms with Crippen molar-refractivity contribution < 1.29 is 19.1 Å². The van der Waals surface area contributed by atoms with Gasteiger partial charge < -0.3 is 9.30 Å². The van der Waals surface area contributed by atoms with Crippen LogP contribution in [0.3, 0.4) is 0 Å². The minimum Gasteiger partial charge on any atom is -0.457 e. The van der Waals surface area contributed by atoms with Crippen LogP contribution in [0.2, 0.25) is 0 Å². The summed E-state index contributed by atoms with van der Waals surface area (Å²) in [6.07, 6.45) is 0.0346. The second kappa shape index (κ2) is 8.80. The van der Waals surface area contributed by atoms with Crippen LogP contribution in [0, 0.1) is 27.7 Å². The molecule has 27 heavy (non-hydrogen) atoms. The van der Waals surface area contributed by atoms with E-state index in [2.05, 4.69) is 0 Å². The Labute approximate surface area is 160 Å². The molecule has 0 bridgehead atoms. The van der Waals surface area contributed by atoms with Gasteiger partial charge in [-0.25, -0.2) is 0 Å². The molecule has 0 aliphatic carbocycles. The van der Waals surface area contributed by atoms with Crippen LogP contribution in [0.15, 0.2) is 24.3 Å². The molecule has 0 amide bonds. The van der Waals surface area contributed by atoms with Gasteiger partial charge in [0.2, 0.25) is 5.78 Å². The van der Waals surface area contributed by atoms with Gasteiger partial charge in [-0.3, -0.25) is 14.4 Å². The van der Waals surface area contributed by atoms with Gasteiger partial charge in [0.1, 0.15) is 0 Å². The number of carbonyl (C=O) groups excluding carboxylic acids is 3. The predicted molar refractivity (Wildman–Crippen MR) is 104 cm³/mol. The fourth-order valence-corrected chi connectivity index (χ4v) is 3.14. The number of hydrogen-bond acceptors (Lipinski definition) is 4. The lowest BCUT2D eigenvalue weighted by Gasteiger charge is -2.07. The van der Waals surface area contributed by atoms with Crippen molar-refractivity contribution >= 4 is 17.5 Å². The van der Waals surface area contributed by atoms with E-state index in [0.29, 0.717) is 11.1 Å². The summed E-state index contributed by atoms with van der Waals surface area (Å²) < 4.78 is 7.11. The van der Waals surface area contributed by atoms with Gasteiger partial charge in [-0.2, -0.15) is 0 Å². The zero-order valence-corrected chi connectivity index (χ0v) is 16.7. The second-order valence-corrected chi connectivity index (χ2v) is 6.84. The Hall–Kier alpha value is -2.69. The summed E-state index contributed by atoms with van der Waals surface area (Å²) in [5.74, 6) is -0.866. The summed E-state index contributed by atoms with van der Waals surface area (Å²) in [4.78, 5) is 36.5. The van der Waals surface area contributed by atoms with Gasteiger partial charge in [-0.15, -0.1) is 0 Å². The van der Waals surface area contributed by atoms with Gasteiger partial charge >= 0.3 is 5.97 Å². The van der Waals surface area contributed by atoms with Crippen molar-refractivity contribution in [1.29, 1.82) is 0 Å².